The van der Waals surface area contributed by atoms with Crippen LogP contribution in [0.2, 0.25) is 0 Å². The van der Waals surface area contributed by atoms with Crippen LogP contribution in [0.3, 0.4) is 0 Å². The first-order chi connectivity index (χ1) is 15.6. The van der Waals surface area contributed by atoms with Crippen LogP contribution >= 0.6 is 0 Å². The molecule has 0 radical (unpaired) electrons. The van der Waals surface area contributed by atoms with Crippen LogP contribution in [0, 0.1) is 0 Å². The molecule has 5 nitrogen and oxygen atoms in total. The second-order valence-electron chi connectivity index (χ2n) is 8.14. The van der Waals surface area contributed by atoms with Crippen molar-refractivity contribution in [3.63, 3.8) is 0 Å². The van der Waals surface area contributed by atoms with Crippen LogP contribution in [-0.2, 0) is 29.2 Å². The van der Waals surface area contributed by atoms with Crippen LogP contribution < -0.4 is 0 Å². The van der Waals surface area contributed by atoms with Crippen LogP contribution in [0.4, 0.5) is 0 Å². The third kappa shape index (κ3) is 6.84. The topological polar surface area (TPSA) is 45.6 Å². The van der Waals surface area contributed by atoms with Crippen LogP contribution in [0.5, 0.6) is 0 Å². The molecule has 0 N–H and O–H groups in total. The average Bonchev–Trinajstić information content (AvgIpc) is 3.23. The van der Waals surface area contributed by atoms with E-state index in [2.05, 4.69) is 35.9 Å². The number of aromatic nitrogens is 1. The summed E-state index contributed by atoms with van der Waals surface area (Å²) in [5, 5.41) is 0. The molecular weight excluding hydrogens is 398 g/mol. The van der Waals surface area contributed by atoms with Crippen molar-refractivity contribution in [3.8, 4) is 0 Å². The minimum absolute atomic E-state index is 0.0346. The third-order valence-electron chi connectivity index (χ3n) is 5.59. The third-order valence-corrected chi connectivity index (χ3v) is 5.59. The Kier molecular flexibility index (Phi) is 8.67. The van der Waals surface area contributed by atoms with Crippen molar-refractivity contribution >= 4 is 11.8 Å². The van der Waals surface area contributed by atoms with Crippen molar-refractivity contribution in [1.29, 1.82) is 0 Å². The zero-order chi connectivity index (χ0) is 22.8. The highest BCUT2D eigenvalue weighted by Crippen LogP contribution is 2.14. The summed E-state index contributed by atoms with van der Waals surface area (Å²) in [5.74, 6) is -0.0912. The normalized spacial score (nSPS) is 10.7. The summed E-state index contributed by atoms with van der Waals surface area (Å²) in [6, 6.07) is 24.4. The first-order valence-electron chi connectivity index (χ1n) is 11.3. The molecule has 2 aromatic carbocycles. The monoisotopic (exact) mass is 431 g/mol. The molecule has 3 aromatic rings. The molecular formula is C27H33N3O2. The van der Waals surface area contributed by atoms with Crippen LogP contribution in [0.15, 0.2) is 79.0 Å². The maximum Gasteiger partial charge on any atom is 0.242 e. The van der Waals surface area contributed by atoms with Crippen molar-refractivity contribution in [2.75, 3.05) is 13.1 Å². The molecule has 0 aliphatic rings. The fraction of sp³-hybridized carbons (Fsp3) is 0.333. The van der Waals surface area contributed by atoms with E-state index in [1.165, 1.54) is 12.5 Å². The van der Waals surface area contributed by atoms with Crippen molar-refractivity contribution in [2.24, 2.45) is 0 Å². The Balaban J connectivity index is 1.78. The number of benzene rings is 2. The zero-order valence-electron chi connectivity index (χ0n) is 19.1. The van der Waals surface area contributed by atoms with Gasteiger partial charge in [0, 0.05) is 38.4 Å². The molecule has 168 valence electrons. The lowest BCUT2D eigenvalue weighted by Crippen LogP contribution is -2.42. The summed E-state index contributed by atoms with van der Waals surface area (Å²) in [6.45, 7) is 6.11. The minimum Gasteiger partial charge on any atom is -0.345 e. The van der Waals surface area contributed by atoms with E-state index in [-0.39, 0.29) is 18.4 Å². The van der Waals surface area contributed by atoms with Gasteiger partial charge in [-0.2, -0.15) is 0 Å². The molecule has 0 unspecified atom stereocenters. The van der Waals surface area contributed by atoms with Crippen LogP contribution in [0.1, 0.15) is 43.5 Å². The van der Waals surface area contributed by atoms with Gasteiger partial charge in [-0.1, -0.05) is 74.0 Å². The Labute approximate surface area is 191 Å². The van der Waals surface area contributed by atoms with Gasteiger partial charge in [-0.15, -0.1) is 0 Å². The standard InChI is InChI=1S/C27H33N3O2/c1-3-4-17-28(23(2)31)22-27(32)30(20-25-14-9-6-10-15-25)21-26-16-11-18-29(26)19-24-12-7-5-8-13-24/h5-16,18H,3-4,17,19-22H2,1-2H3. The Bertz CT molecular complexity index is 982. The summed E-state index contributed by atoms with van der Waals surface area (Å²) in [7, 11) is 0. The summed E-state index contributed by atoms with van der Waals surface area (Å²) >= 11 is 0. The highest BCUT2D eigenvalue weighted by molar-refractivity contribution is 5.83. The fourth-order valence-corrected chi connectivity index (χ4v) is 3.72. The van der Waals surface area contributed by atoms with Crippen LogP contribution in [0.25, 0.3) is 0 Å². The van der Waals surface area contributed by atoms with Gasteiger partial charge in [-0.3, -0.25) is 9.59 Å². The Hall–Kier alpha value is -3.34. The SMILES string of the molecule is CCCCN(CC(=O)N(Cc1ccccc1)Cc1cccn1Cc1ccccc1)C(C)=O. The zero-order valence-corrected chi connectivity index (χ0v) is 19.1. The maximum atomic E-state index is 13.3. The second-order valence-corrected chi connectivity index (χ2v) is 8.14. The lowest BCUT2D eigenvalue weighted by atomic mass is 10.2. The lowest BCUT2D eigenvalue weighted by Gasteiger charge is -2.28. The van der Waals surface area contributed by atoms with Crippen molar-refractivity contribution in [3.05, 3.63) is 95.8 Å². The van der Waals surface area contributed by atoms with E-state index < -0.39 is 0 Å². The molecule has 0 atom stereocenters. The molecule has 0 aliphatic carbocycles. The number of nitrogens with zero attached hydrogens (tertiary/aromatic N) is 3. The van der Waals surface area contributed by atoms with Gasteiger partial charge in [0.15, 0.2) is 0 Å². The average molecular weight is 432 g/mol. The summed E-state index contributed by atoms with van der Waals surface area (Å²) in [6.07, 6.45) is 3.93. The van der Waals surface area contributed by atoms with Crippen molar-refractivity contribution in [1.82, 2.24) is 14.4 Å². The highest BCUT2D eigenvalue weighted by atomic mass is 16.2. The summed E-state index contributed by atoms with van der Waals surface area (Å²) in [5.41, 5.74) is 3.36. The van der Waals surface area contributed by atoms with Gasteiger partial charge in [0.1, 0.15) is 0 Å². The van der Waals surface area contributed by atoms with Gasteiger partial charge in [0.05, 0.1) is 13.1 Å². The highest BCUT2D eigenvalue weighted by Gasteiger charge is 2.20. The number of amides is 2. The molecule has 5 heteroatoms. The molecule has 0 fully saturated rings. The first-order valence-corrected chi connectivity index (χ1v) is 11.3. The van der Waals surface area contributed by atoms with E-state index in [1.807, 2.05) is 59.5 Å². The van der Waals surface area contributed by atoms with Gasteiger partial charge >= 0.3 is 0 Å². The van der Waals surface area contributed by atoms with E-state index >= 15 is 0 Å². The molecule has 0 bridgehead atoms. The van der Waals surface area contributed by atoms with Gasteiger partial charge in [-0.05, 0) is 29.7 Å². The Morgan fingerprint density at radius 2 is 1.47 bits per heavy atom. The van der Waals surface area contributed by atoms with Gasteiger partial charge < -0.3 is 14.4 Å². The number of rotatable bonds is 11. The van der Waals surface area contributed by atoms with E-state index in [4.69, 9.17) is 0 Å². The molecule has 1 heterocycles. The molecule has 3 rings (SSSR count). The minimum atomic E-state index is -0.0566. The van der Waals surface area contributed by atoms with Crippen molar-refractivity contribution < 1.29 is 9.59 Å². The largest absolute Gasteiger partial charge is 0.345 e. The Morgan fingerprint density at radius 3 is 2.09 bits per heavy atom. The second kappa shape index (κ2) is 11.9. The summed E-state index contributed by atoms with van der Waals surface area (Å²) < 4.78 is 2.18. The number of hydrogen-bond acceptors (Lipinski definition) is 2. The quantitative estimate of drug-likeness (QED) is 0.441. The molecule has 0 saturated heterocycles. The Morgan fingerprint density at radius 1 is 0.812 bits per heavy atom. The number of carbonyl (C=O) groups excluding carboxylic acids is 2. The summed E-state index contributed by atoms with van der Waals surface area (Å²) in [4.78, 5) is 29.0. The van der Waals surface area contributed by atoms with Gasteiger partial charge in [-0.25, -0.2) is 0 Å². The predicted molar refractivity (Wildman–Crippen MR) is 128 cm³/mol. The molecule has 0 aliphatic heterocycles. The number of carbonyl (C=O) groups is 2. The van der Waals surface area contributed by atoms with Crippen molar-refractivity contribution in [2.45, 2.75) is 46.3 Å². The molecule has 1 aromatic heterocycles. The molecule has 2 amide bonds. The van der Waals surface area contributed by atoms with Gasteiger partial charge in [0.25, 0.3) is 0 Å². The van der Waals surface area contributed by atoms with E-state index in [9.17, 15) is 9.59 Å². The van der Waals surface area contributed by atoms with Gasteiger partial charge in [0.2, 0.25) is 11.8 Å². The maximum absolute atomic E-state index is 13.3. The van der Waals surface area contributed by atoms with Crippen LogP contribution in [-0.4, -0.2) is 39.3 Å². The molecule has 0 spiro atoms. The number of hydrogen-bond donors (Lipinski definition) is 0. The molecule has 0 saturated carbocycles. The molecule has 32 heavy (non-hydrogen) atoms. The first kappa shape index (κ1) is 23.3. The van der Waals surface area contributed by atoms with E-state index in [0.717, 1.165) is 30.6 Å². The predicted octanol–water partition coefficient (Wildman–Crippen LogP) is 4.71. The smallest absolute Gasteiger partial charge is 0.242 e. The lowest BCUT2D eigenvalue weighted by molar-refractivity contribution is -0.140. The van der Waals surface area contributed by atoms with E-state index in [1.54, 1.807) is 4.90 Å². The van der Waals surface area contributed by atoms with E-state index in [0.29, 0.717) is 19.6 Å². The fourth-order valence-electron chi connectivity index (χ4n) is 3.72. The number of unbranched alkanes of at least 4 members (excludes halogenated alkanes) is 1.